The molecule has 1 amide bonds. The molecule has 0 bridgehead atoms. The predicted octanol–water partition coefficient (Wildman–Crippen LogP) is 2.34. The molecule has 0 aliphatic carbocycles. The summed E-state index contributed by atoms with van der Waals surface area (Å²) in [4.78, 5) is 15.6. The maximum absolute atomic E-state index is 14.0. The smallest absolute Gasteiger partial charge is 0.229 e. The van der Waals surface area contributed by atoms with Gasteiger partial charge in [-0.1, -0.05) is 11.2 Å². The number of hydrogen-bond acceptors (Lipinski definition) is 5. The Morgan fingerprint density at radius 1 is 1.28 bits per heavy atom. The number of amides is 1. The van der Waals surface area contributed by atoms with Gasteiger partial charge in [-0.2, -0.15) is 4.98 Å². The summed E-state index contributed by atoms with van der Waals surface area (Å²) in [5.74, 6) is -1.20. The molecule has 0 aliphatic heterocycles. The fraction of sp³-hybridized carbons (Fsp3) is 0.438. The third-order valence-corrected chi connectivity index (χ3v) is 3.60. The number of benzene rings is 1. The molecule has 1 aromatic carbocycles. The second-order valence-electron chi connectivity index (χ2n) is 5.59. The number of halogens is 3. The Balaban J connectivity index is 0.00000312. The number of carbonyl (C=O) groups excluding carboxylic acids is 1. The second kappa shape index (κ2) is 9.43. The first-order chi connectivity index (χ1) is 11.4. The van der Waals surface area contributed by atoms with Gasteiger partial charge in [-0.3, -0.25) is 4.79 Å². The van der Waals surface area contributed by atoms with Crippen molar-refractivity contribution in [1.82, 2.24) is 20.8 Å². The molecule has 1 heterocycles. The first-order valence-corrected chi connectivity index (χ1v) is 7.60. The Bertz CT molecular complexity index is 691. The molecule has 0 spiro atoms. The molecular weight excluding hydrogens is 354 g/mol. The summed E-state index contributed by atoms with van der Waals surface area (Å²) in [5, 5.41) is 9.43. The van der Waals surface area contributed by atoms with Crippen LogP contribution in [0.1, 0.15) is 37.2 Å². The molecular formula is C16H21ClF2N4O2. The SMILES string of the molecule is CNC(C)Cc1noc(CC(NC(C)=O)c2c(F)cccc2F)n1.Cl. The molecule has 2 aromatic rings. The number of likely N-dealkylation sites (N-methyl/N-ethyl adjacent to an activating group) is 1. The summed E-state index contributed by atoms with van der Waals surface area (Å²) >= 11 is 0. The molecule has 0 saturated heterocycles. The van der Waals surface area contributed by atoms with Crippen LogP contribution in [0.25, 0.3) is 0 Å². The molecule has 2 atom stereocenters. The Labute approximate surface area is 150 Å². The van der Waals surface area contributed by atoms with E-state index in [1.54, 1.807) is 0 Å². The molecule has 2 rings (SSSR count). The molecule has 0 saturated carbocycles. The molecule has 138 valence electrons. The van der Waals surface area contributed by atoms with Gasteiger partial charge < -0.3 is 15.2 Å². The highest BCUT2D eigenvalue weighted by Gasteiger charge is 2.24. The Kier molecular flexibility index (Phi) is 7.92. The highest BCUT2D eigenvalue weighted by Crippen LogP contribution is 2.24. The average Bonchev–Trinajstić information content (AvgIpc) is 2.93. The van der Waals surface area contributed by atoms with Crippen LogP contribution in [0.5, 0.6) is 0 Å². The predicted molar refractivity (Wildman–Crippen MR) is 90.4 cm³/mol. The van der Waals surface area contributed by atoms with E-state index in [1.165, 1.54) is 13.0 Å². The second-order valence-corrected chi connectivity index (χ2v) is 5.59. The highest BCUT2D eigenvalue weighted by molar-refractivity contribution is 5.85. The highest BCUT2D eigenvalue weighted by atomic mass is 35.5. The Hall–Kier alpha value is -2.06. The largest absolute Gasteiger partial charge is 0.349 e. The van der Waals surface area contributed by atoms with Crippen LogP contribution in [0.2, 0.25) is 0 Å². The standard InChI is InChI=1S/C16H20F2N4O2.ClH/c1-9(19-3)7-14-21-15(24-22-14)8-13(20-10(2)23)16-11(17)5-4-6-12(16)18;/h4-6,9,13,19H,7-8H2,1-3H3,(H,20,23);1H. The van der Waals surface area contributed by atoms with Crippen molar-refractivity contribution in [3.63, 3.8) is 0 Å². The van der Waals surface area contributed by atoms with E-state index >= 15 is 0 Å². The van der Waals surface area contributed by atoms with Gasteiger partial charge in [0, 0.05) is 24.9 Å². The maximum Gasteiger partial charge on any atom is 0.229 e. The Morgan fingerprint density at radius 3 is 2.48 bits per heavy atom. The van der Waals surface area contributed by atoms with Crippen LogP contribution < -0.4 is 10.6 Å². The zero-order chi connectivity index (χ0) is 17.7. The van der Waals surface area contributed by atoms with Crippen molar-refractivity contribution in [2.24, 2.45) is 0 Å². The van der Waals surface area contributed by atoms with Crippen LogP contribution in [-0.2, 0) is 17.6 Å². The van der Waals surface area contributed by atoms with Crippen molar-refractivity contribution in [2.75, 3.05) is 7.05 Å². The normalized spacial score (nSPS) is 13.0. The summed E-state index contributed by atoms with van der Waals surface area (Å²) in [7, 11) is 1.82. The average molecular weight is 375 g/mol. The van der Waals surface area contributed by atoms with Gasteiger partial charge in [0.05, 0.1) is 12.5 Å². The van der Waals surface area contributed by atoms with Crippen LogP contribution in [0.15, 0.2) is 22.7 Å². The van der Waals surface area contributed by atoms with E-state index in [2.05, 4.69) is 20.8 Å². The number of aromatic nitrogens is 2. The topological polar surface area (TPSA) is 80.0 Å². The summed E-state index contributed by atoms with van der Waals surface area (Å²) in [5.41, 5.74) is -0.226. The van der Waals surface area contributed by atoms with Crippen molar-refractivity contribution in [3.8, 4) is 0 Å². The first kappa shape index (κ1) is 21.0. The number of carbonyl (C=O) groups is 1. The van der Waals surface area contributed by atoms with Gasteiger partial charge in [0.25, 0.3) is 0 Å². The van der Waals surface area contributed by atoms with Gasteiger partial charge in [-0.05, 0) is 26.1 Å². The van der Waals surface area contributed by atoms with Crippen molar-refractivity contribution < 1.29 is 18.1 Å². The Morgan fingerprint density at radius 2 is 1.92 bits per heavy atom. The van der Waals surface area contributed by atoms with Crippen molar-refractivity contribution in [1.29, 1.82) is 0 Å². The van der Waals surface area contributed by atoms with E-state index in [9.17, 15) is 13.6 Å². The van der Waals surface area contributed by atoms with Gasteiger partial charge in [-0.25, -0.2) is 8.78 Å². The fourth-order valence-corrected chi connectivity index (χ4v) is 2.32. The van der Waals surface area contributed by atoms with Crippen LogP contribution in [-0.4, -0.2) is 29.1 Å². The number of nitrogens with zero attached hydrogens (tertiary/aromatic N) is 2. The minimum Gasteiger partial charge on any atom is -0.349 e. The van der Waals surface area contributed by atoms with E-state index in [1.807, 2.05) is 14.0 Å². The van der Waals surface area contributed by atoms with Crippen LogP contribution in [0.3, 0.4) is 0 Å². The molecule has 2 N–H and O–H groups in total. The van der Waals surface area contributed by atoms with E-state index in [-0.39, 0.29) is 36.3 Å². The fourth-order valence-electron chi connectivity index (χ4n) is 2.32. The van der Waals surface area contributed by atoms with Crippen molar-refractivity contribution in [3.05, 3.63) is 47.1 Å². The summed E-state index contributed by atoms with van der Waals surface area (Å²) in [6, 6.07) is 2.77. The number of nitrogens with one attached hydrogen (secondary N) is 2. The molecule has 0 radical (unpaired) electrons. The minimum atomic E-state index is -0.932. The van der Waals surface area contributed by atoms with Gasteiger partial charge >= 0.3 is 0 Å². The van der Waals surface area contributed by atoms with Gasteiger partial charge in [-0.15, -0.1) is 12.4 Å². The van der Waals surface area contributed by atoms with Gasteiger partial charge in [0.1, 0.15) is 11.6 Å². The van der Waals surface area contributed by atoms with E-state index in [4.69, 9.17) is 4.52 Å². The minimum absolute atomic E-state index is 0. The van der Waals surface area contributed by atoms with Crippen molar-refractivity contribution in [2.45, 2.75) is 38.8 Å². The first-order valence-electron chi connectivity index (χ1n) is 7.60. The maximum atomic E-state index is 14.0. The van der Waals surface area contributed by atoms with E-state index < -0.39 is 23.6 Å². The number of hydrogen-bond donors (Lipinski definition) is 2. The molecule has 25 heavy (non-hydrogen) atoms. The lowest BCUT2D eigenvalue weighted by Gasteiger charge is -2.17. The molecule has 9 heteroatoms. The summed E-state index contributed by atoms with van der Waals surface area (Å²) < 4.78 is 33.2. The monoisotopic (exact) mass is 374 g/mol. The third kappa shape index (κ3) is 5.75. The van der Waals surface area contributed by atoms with Crippen LogP contribution >= 0.6 is 12.4 Å². The van der Waals surface area contributed by atoms with E-state index in [0.717, 1.165) is 12.1 Å². The zero-order valence-electron chi connectivity index (χ0n) is 14.2. The van der Waals surface area contributed by atoms with Crippen LogP contribution in [0, 0.1) is 11.6 Å². The van der Waals surface area contributed by atoms with E-state index in [0.29, 0.717) is 12.2 Å². The zero-order valence-corrected chi connectivity index (χ0v) is 15.0. The molecule has 1 aromatic heterocycles. The lowest BCUT2D eigenvalue weighted by atomic mass is 10.0. The summed E-state index contributed by atoms with van der Waals surface area (Å²) in [6.07, 6.45) is 0.553. The quantitative estimate of drug-likeness (QED) is 0.777. The molecule has 0 aliphatic rings. The molecule has 6 nitrogen and oxygen atoms in total. The lowest BCUT2D eigenvalue weighted by Crippen LogP contribution is -2.29. The summed E-state index contributed by atoms with van der Waals surface area (Å²) in [6.45, 7) is 3.24. The van der Waals surface area contributed by atoms with Gasteiger partial charge in [0.2, 0.25) is 11.8 Å². The third-order valence-electron chi connectivity index (χ3n) is 3.60. The number of rotatable bonds is 7. The molecule has 2 unspecified atom stereocenters. The lowest BCUT2D eigenvalue weighted by molar-refractivity contribution is -0.119. The van der Waals surface area contributed by atoms with Crippen molar-refractivity contribution >= 4 is 18.3 Å². The van der Waals surface area contributed by atoms with Gasteiger partial charge in [0.15, 0.2) is 5.82 Å². The van der Waals surface area contributed by atoms with Crippen LogP contribution in [0.4, 0.5) is 8.78 Å². The molecule has 0 fully saturated rings.